The largest absolute Gasteiger partial charge is 0.390 e. The Bertz CT molecular complexity index is 739. The highest BCUT2D eigenvalue weighted by Crippen LogP contribution is 2.70. The lowest BCUT2D eigenvalue weighted by Crippen LogP contribution is -2.68. The number of fused-ring (bicyclic) bond motifs is 5. The van der Waals surface area contributed by atoms with Crippen LogP contribution in [0, 0.1) is 34.5 Å². The molecule has 0 heterocycles. The molecule has 0 aromatic rings. The van der Waals surface area contributed by atoms with Gasteiger partial charge in [-0.1, -0.05) is 26.0 Å². The number of hydrogen-bond acceptors (Lipinski definition) is 3. The molecule has 0 aliphatic heterocycles. The summed E-state index contributed by atoms with van der Waals surface area (Å²) in [4.78, 5) is 12.2. The van der Waals surface area contributed by atoms with Gasteiger partial charge >= 0.3 is 0 Å². The van der Waals surface area contributed by atoms with Crippen LogP contribution in [-0.4, -0.2) is 39.4 Å². The van der Waals surface area contributed by atoms with Crippen LogP contribution in [0.15, 0.2) is 23.8 Å². The fourth-order valence-corrected chi connectivity index (χ4v) is 7.76. The van der Waals surface area contributed by atoms with Gasteiger partial charge in [-0.15, -0.1) is 12.6 Å². The number of rotatable bonds is 1. The first-order valence-corrected chi connectivity index (χ1v) is 10.2. The van der Waals surface area contributed by atoms with Gasteiger partial charge in [0.15, 0.2) is 10.8 Å². The third-order valence-electron chi connectivity index (χ3n) is 8.33. The SMILES string of the molecule is C[C@@H]1CC2C3C[C@H](F)C4=CC(O)C=C[C@]4(C)[C@@]3(F)[C@@H](O)C[C@]2(C)[C@H]1C(=O)S. The summed E-state index contributed by atoms with van der Waals surface area (Å²) in [6, 6.07) is 0. The van der Waals surface area contributed by atoms with Crippen molar-refractivity contribution in [1.82, 2.24) is 0 Å². The number of aliphatic hydroxyl groups is 2. The number of aliphatic hydroxyl groups excluding tert-OH is 2. The van der Waals surface area contributed by atoms with Crippen molar-refractivity contribution in [2.24, 2.45) is 34.5 Å². The zero-order valence-electron chi connectivity index (χ0n) is 15.9. The van der Waals surface area contributed by atoms with Crippen molar-refractivity contribution >= 4 is 17.7 Å². The van der Waals surface area contributed by atoms with Crippen LogP contribution in [-0.2, 0) is 4.79 Å². The Hall–Kier alpha value is -0.720. The van der Waals surface area contributed by atoms with Gasteiger partial charge in [-0.2, -0.15) is 0 Å². The number of alkyl halides is 2. The van der Waals surface area contributed by atoms with E-state index in [0.717, 1.165) is 0 Å². The number of carbonyl (C=O) groups is 1. The standard InChI is InChI=1S/C21H28F2O3S/c1-10-6-12-13-8-15(22)14-7-11(24)4-5-20(14,3)21(13,23)16(25)9-19(12,2)17(10)18(26)27/h4-5,7,10-13,15-17,24-25H,6,8-9H2,1-3H3,(H,26,27)/t10-,11?,12?,13?,15+,16+,17-,19+,20+,21+/m1/s1. The minimum absolute atomic E-state index is 0.0195. The van der Waals surface area contributed by atoms with Gasteiger partial charge in [0.05, 0.1) is 12.2 Å². The van der Waals surface area contributed by atoms with Crippen molar-refractivity contribution in [3.8, 4) is 0 Å². The molecule has 4 rings (SSSR count). The molecule has 0 bridgehead atoms. The zero-order chi connectivity index (χ0) is 19.9. The molecule has 6 heteroatoms. The monoisotopic (exact) mass is 398 g/mol. The Morgan fingerprint density at radius 2 is 1.93 bits per heavy atom. The first-order chi connectivity index (χ1) is 12.5. The molecule has 150 valence electrons. The van der Waals surface area contributed by atoms with Gasteiger partial charge < -0.3 is 10.2 Å². The Balaban J connectivity index is 1.84. The maximum absolute atomic E-state index is 16.8. The highest BCUT2D eigenvalue weighted by atomic mass is 32.1. The molecule has 0 saturated heterocycles. The van der Waals surface area contributed by atoms with Gasteiger partial charge in [-0.25, -0.2) is 8.78 Å². The summed E-state index contributed by atoms with van der Waals surface area (Å²) >= 11 is 4.07. The predicted octanol–water partition coefficient (Wildman–Crippen LogP) is 3.42. The molecule has 3 saturated carbocycles. The van der Waals surface area contributed by atoms with Crippen LogP contribution in [0.1, 0.15) is 40.0 Å². The van der Waals surface area contributed by atoms with E-state index in [1.807, 2.05) is 13.8 Å². The van der Waals surface area contributed by atoms with E-state index in [-0.39, 0.29) is 41.3 Å². The van der Waals surface area contributed by atoms with Crippen molar-refractivity contribution in [3.05, 3.63) is 23.8 Å². The van der Waals surface area contributed by atoms with Gasteiger partial charge in [-0.3, -0.25) is 4.79 Å². The molecule has 27 heavy (non-hydrogen) atoms. The molecule has 2 N–H and O–H groups in total. The van der Waals surface area contributed by atoms with Crippen LogP contribution in [0.3, 0.4) is 0 Å². The van der Waals surface area contributed by atoms with E-state index < -0.39 is 40.8 Å². The summed E-state index contributed by atoms with van der Waals surface area (Å²) < 4.78 is 32.0. The van der Waals surface area contributed by atoms with Gasteiger partial charge in [0, 0.05) is 17.3 Å². The Kier molecular flexibility index (Phi) is 4.28. The maximum Gasteiger partial charge on any atom is 0.189 e. The Morgan fingerprint density at radius 3 is 2.56 bits per heavy atom. The number of allylic oxidation sites excluding steroid dienone is 2. The number of thiol groups is 1. The molecular weight excluding hydrogens is 370 g/mol. The van der Waals surface area contributed by atoms with Crippen molar-refractivity contribution in [2.75, 3.05) is 0 Å². The maximum atomic E-state index is 16.8. The molecule has 0 radical (unpaired) electrons. The van der Waals surface area contributed by atoms with Gasteiger partial charge in [0.1, 0.15) is 6.17 Å². The quantitative estimate of drug-likeness (QED) is 0.469. The summed E-state index contributed by atoms with van der Waals surface area (Å²) in [5, 5.41) is 20.7. The summed E-state index contributed by atoms with van der Waals surface area (Å²) in [6.45, 7) is 5.53. The number of halogens is 2. The van der Waals surface area contributed by atoms with Crippen LogP contribution >= 0.6 is 12.6 Å². The minimum atomic E-state index is -2.03. The second kappa shape index (κ2) is 5.90. The second-order valence-corrected chi connectivity index (χ2v) is 10.1. The molecule has 3 nitrogen and oxygen atoms in total. The predicted molar refractivity (Wildman–Crippen MR) is 102 cm³/mol. The van der Waals surface area contributed by atoms with Crippen LogP contribution < -0.4 is 0 Å². The fourth-order valence-electron chi connectivity index (χ4n) is 7.21. The van der Waals surface area contributed by atoms with Crippen molar-refractivity contribution in [2.45, 2.75) is 64.1 Å². The molecule has 0 aromatic heterocycles. The van der Waals surface area contributed by atoms with E-state index in [1.165, 1.54) is 18.2 Å². The topological polar surface area (TPSA) is 57.5 Å². The van der Waals surface area contributed by atoms with Crippen LogP contribution in [0.25, 0.3) is 0 Å². The van der Waals surface area contributed by atoms with E-state index in [9.17, 15) is 15.0 Å². The number of carbonyl (C=O) groups excluding carboxylic acids is 1. The average molecular weight is 399 g/mol. The summed E-state index contributed by atoms with van der Waals surface area (Å²) in [5.74, 6) is -1.23. The molecule has 0 spiro atoms. The summed E-state index contributed by atoms with van der Waals surface area (Å²) in [6.07, 6.45) is 1.53. The first kappa shape index (κ1) is 19.6. The van der Waals surface area contributed by atoms with E-state index >= 15 is 8.78 Å². The molecule has 3 fully saturated rings. The summed E-state index contributed by atoms with van der Waals surface area (Å²) in [5.41, 5.74) is -3.70. The lowest BCUT2D eigenvalue weighted by atomic mass is 9.45. The molecular formula is C21H28F2O3S. The molecule has 10 atom stereocenters. The highest BCUT2D eigenvalue weighted by Gasteiger charge is 2.72. The summed E-state index contributed by atoms with van der Waals surface area (Å²) in [7, 11) is 0. The van der Waals surface area contributed by atoms with Gasteiger partial charge in [-0.05, 0) is 55.1 Å². The highest BCUT2D eigenvalue weighted by molar-refractivity contribution is 7.96. The van der Waals surface area contributed by atoms with Crippen LogP contribution in [0.4, 0.5) is 8.78 Å². The van der Waals surface area contributed by atoms with E-state index in [1.54, 1.807) is 6.92 Å². The van der Waals surface area contributed by atoms with E-state index in [0.29, 0.717) is 6.42 Å². The van der Waals surface area contributed by atoms with E-state index in [4.69, 9.17) is 0 Å². The number of hydrogen-bond donors (Lipinski definition) is 3. The molecule has 4 aliphatic rings. The van der Waals surface area contributed by atoms with Crippen LogP contribution in [0.5, 0.6) is 0 Å². The third kappa shape index (κ3) is 2.29. The van der Waals surface area contributed by atoms with Crippen molar-refractivity contribution in [1.29, 1.82) is 0 Å². The van der Waals surface area contributed by atoms with Crippen molar-refractivity contribution < 1.29 is 23.8 Å². The normalized spacial score (nSPS) is 56.7. The second-order valence-electron chi connectivity index (χ2n) is 9.61. The van der Waals surface area contributed by atoms with Gasteiger partial charge in [0.2, 0.25) is 0 Å². The first-order valence-electron chi connectivity index (χ1n) is 9.80. The van der Waals surface area contributed by atoms with Crippen LogP contribution in [0.2, 0.25) is 0 Å². The average Bonchev–Trinajstić information content (AvgIpc) is 2.82. The lowest BCUT2D eigenvalue weighted by Gasteiger charge is -2.62. The molecule has 4 aliphatic carbocycles. The smallest absolute Gasteiger partial charge is 0.189 e. The van der Waals surface area contributed by atoms with Crippen molar-refractivity contribution in [3.63, 3.8) is 0 Å². The molecule has 0 amide bonds. The molecule has 0 aromatic carbocycles. The van der Waals surface area contributed by atoms with E-state index in [2.05, 4.69) is 12.6 Å². The minimum Gasteiger partial charge on any atom is -0.390 e. The third-order valence-corrected chi connectivity index (χ3v) is 8.61. The lowest BCUT2D eigenvalue weighted by molar-refractivity contribution is -0.201. The Labute approximate surface area is 164 Å². The van der Waals surface area contributed by atoms with Gasteiger partial charge in [0.25, 0.3) is 0 Å². The zero-order valence-corrected chi connectivity index (χ0v) is 16.8. The molecule has 3 unspecified atom stereocenters. The Morgan fingerprint density at radius 1 is 1.26 bits per heavy atom. The fraction of sp³-hybridized carbons (Fsp3) is 0.762.